The molecule has 2 aromatic carbocycles. The summed E-state index contributed by atoms with van der Waals surface area (Å²) in [6, 6.07) is 13.1. The van der Waals surface area contributed by atoms with Gasteiger partial charge in [0.2, 0.25) is 11.8 Å². The number of methoxy groups -OCH3 is 1. The second-order valence-electron chi connectivity index (χ2n) is 5.93. The van der Waals surface area contributed by atoms with E-state index in [-0.39, 0.29) is 29.0 Å². The number of nitrogens with one attached hydrogen (secondary N) is 1. The molecule has 0 spiro atoms. The Balaban J connectivity index is 1.74. The topological polar surface area (TPSA) is 58.6 Å². The normalized spacial score (nSPS) is 19.5. The summed E-state index contributed by atoms with van der Waals surface area (Å²) in [5.74, 6) is -0.158. The number of amides is 2. The van der Waals surface area contributed by atoms with Gasteiger partial charge in [-0.3, -0.25) is 9.59 Å². The molecule has 0 radical (unpaired) electrons. The lowest BCUT2D eigenvalue weighted by atomic mass is 10.2. The van der Waals surface area contributed by atoms with Gasteiger partial charge >= 0.3 is 0 Å². The molecule has 1 aliphatic rings. The molecule has 5 nitrogen and oxygen atoms in total. The van der Waals surface area contributed by atoms with Crippen molar-refractivity contribution in [1.29, 1.82) is 0 Å². The maximum atomic E-state index is 13.3. The van der Waals surface area contributed by atoms with Crippen molar-refractivity contribution in [3.8, 4) is 5.75 Å². The first-order valence-corrected chi connectivity index (χ1v) is 9.07. The fourth-order valence-electron chi connectivity index (χ4n) is 2.78. The van der Waals surface area contributed by atoms with E-state index in [9.17, 15) is 14.0 Å². The van der Waals surface area contributed by atoms with Crippen LogP contribution in [0.4, 0.5) is 10.1 Å². The molecule has 0 saturated carbocycles. The number of thioether (sulfide) groups is 1. The predicted octanol–water partition coefficient (Wildman–Crippen LogP) is 3.44. The highest BCUT2D eigenvalue weighted by Gasteiger charge is 2.39. The molecule has 0 aromatic heterocycles. The minimum absolute atomic E-state index is 0.0924. The van der Waals surface area contributed by atoms with E-state index in [4.69, 9.17) is 4.74 Å². The van der Waals surface area contributed by atoms with Crippen LogP contribution in [0.3, 0.4) is 0 Å². The average molecular weight is 374 g/mol. The Kier molecular flexibility index (Phi) is 5.46. The molecule has 2 aromatic rings. The largest absolute Gasteiger partial charge is 0.497 e. The maximum Gasteiger partial charge on any atom is 0.244 e. The summed E-state index contributed by atoms with van der Waals surface area (Å²) in [6.07, 6.45) is 0. The van der Waals surface area contributed by atoms with Gasteiger partial charge in [-0.05, 0) is 42.8 Å². The van der Waals surface area contributed by atoms with Gasteiger partial charge in [0.1, 0.15) is 23.5 Å². The number of rotatable bonds is 5. The molecule has 0 bridgehead atoms. The minimum Gasteiger partial charge on any atom is -0.497 e. The summed E-state index contributed by atoms with van der Waals surface area (Å²) in [6.45, 7) is 1.73. The minimum atomic E-state index is -0.430. The molecular formula is C19H19FN2O3S. The van der Waals surface area contributed by atoms with Crippen LogP contribution in [-0.4, -0.2) is 35.6 Å². The number of carbonyl (C=O) groups is 2. The zero-order valence-electron chi connectivity index (χ0n) is 14.4. The molecule has 136 valence electrons. The number of carbonyl (C=O) groups excluding carboxylic acids is 2. The lowest BCUT2D eigenvalue weighted by Crippen LogP contribution is -2.37. The van der Waals surface area contributed by atoms with Crippen molar-refractivity contribution in [2.45, 2.75) is 17.5 Å². The van der Waals surface area contributed by atoms with Gasteiger partial charge in [0.25, 0.3) is 0 Å². The van der Waals surface area contributed by atoms with E-state index in [1.807, 2.05) is 31.2 Å². The molecule has 2 amide bonds. The van der Waals surface area contributed by atoms with E-state index in [1.165, 1.54) is 30.0 Å². The van der Waals surface area contributed by atoms with Crippen LogP contribution >= 0.6 is 11.8 Å². The number of halogens is 1. The quantitative estimate of drug-likeness (QED) is 0.871. The predicted molar refractivity (Wildman–Crippen MR) is 99.5 cm³/mol. The summed E-state index contributed by atoms with van der Waals surface area (Å²) in [5, 5.41) is 2.15. The lowest BCUT2D eigenvalue weighted by molar-refractivity contribution is -0.133. The molecule has 3 rings (SSSR count). The van der Waals surface area contributed by atoms with Gasteiger partial charge in [-0.2, -0.15) is 0 Å². The standard InChI is InChI=1S/C19H19FN2O3S/c1-12-18(24)22(11-17(23)21-15-5-3-4-14(20)10-15)19(26-12)13-6-8-16(25-2)9-7-13/h3-10,12,19H,11H2,1-2H3,(H,21,23). The molecule has 7 heteroatoms. The van der Waals surface area contributed by atoms with Crippen LogP contribution in [0, 0.1) is 5.82 Å². The molecule has 26 heavy (non-hydrogen) atoms. The summed E-state index contributed by atoms with van der Waals surface area (Å²) in [4.78, 5) is 26.4. The summed E-state index contributed by atoms with van der Waals surface area (Å²) >= 11 is 1.49. The Bertz CT molecular complexity index is 813. The first-order valence-electron chi connectivity index (χ1n) is 8.13. The van der Waals surface area contributed by atoms with Crippen molar-refractivity contribution in [2.24, 2.45) is 0 Å². The van der Waals surface area contributed by atoms with Crippen molar-refractivity contribution in [2.75, 3.05) is 19.0 Å². The lowest BCUT2D eigenvalue weighted by Gasteiger charge is -2.23. The summed E-state index contributed by atoms with van der Waals surface area (Å²) in [5.41, 5.74) is 1.29. The third-order valence-corrected chi connectivity index (χ3v) is 5.46. The van der Waals surface area contributed by atoms with Crippen molar-refractivity contribution in [3.63, 3.8) is 0 Å². The number of hydrogen-bond acceptors (Lipinski definition) is 4. The van der Waals surface area contributed by atoms with Gasteiger partial charge in [-0.25, -0.2) is 4.39 Å². The van der Waals surface area contributed by atoms with E-state index < -0.39 is 5.82 Å². The molecule has 2 unspecified atom stereocenters. The van der Waals surface area contributed by atoms with Gasteiger partial charge in [0.15, 0.2) is 0 Å². The highest BCUT2D eigenvalue weighted by Crippen LogP contribution is 2.43. The van der Waals surface area contributed by atoms with Crippen molar-refractivity contribution in [3.05, 3.63) is 59.9 Å². The van der Waals surface area contributed by atoms with Gasteiger partial charge in [0, 0.05) is 5.69 Å². The van der Waals surface area contributed by atoms with E-state index in [2.05, 4.69) is 5.32 Å². The van der Waals surface area contributed by atoms with Crippen LogP contribution in [0.2, 0.25) is 0 Å². The molecular weight excluding hydrogens is 355 g/mol. The van der Waals surface area contributed by atoms with E-state index >= 15 is 0 Å². The zero-order valence-corrected chi connectivity index (χ0v) is 15.3. The van der Waals surface area contributed by atoms with E-state index in [0.717, 1.165) is 11.3 Å². The number of anilines is 1. The van der Waals surface area contributed by atoms with Crippen molar-refractivity contribution >= 4 is 29.3 Å². The molecule has 1 N–H and O–H groups in total. The summed E-state index contributed by atoms with van der Waals surface area (Å²) in [7, 11) is 1.59. The van der Waals surface area contributed by atoms with Crippen LogP contribution < -0.4 is 10.1 Å². The second-order valence-corrected chi connectivity index (χ2v) is 7.35. The second kappa shape index (κ2) is 7.78. The molecule has 1 fully saturated rings. The molecule has 1 saturated heterocycles. The Morgan fingerprint density at radius 1 is 1.27 bits per heavy atom. The number of ether oxygens (including phenoxy) is 1. The van der Waals surface area contributed by atoms with Crippen LogP contribution in [0.15, 0.2) is 48.5 Å². The van der Waals surface area contributed by atoms with E-state index in [1.54, 1.807) is 18.1 Å². The average Bonchev–Trinajstić information content (AvgIpc) is 2.90. The number of nitrogens with zero attached hydrogens (tertiary/aromatic N) is 1. The maximum absolute atomic E-state index is 13.3. The molecule has 1 heterocycles. The van der Waals surface area contributed by atoms with Crippen LogP contribution in [0.1, 0.15) is 17.9 Å². The highest BCUT2D eigenvalue weighted by atomic mass is 32.2. The van der Waals surface area contributed by atoms with Gasteiger partial charge in [-0.15, -0.1) is 11.8 Å². The Labute approximate surface area is 155 Å². The smallest absolute Gasteiger partial charge is 0.244 e. The SMILES string of the molecule is COc1ccc(C2SC(C)C(=O)N2CC(=O)Nc2cccc(F)c2)cc1. The molecule has 2 atom stereocenters. The zero-order chi connectivity index (χ0) is 18.7. The first-order chi connectivity index (χ1) is 12.5. The fraction of sp³-hybridized carbons (Fsp3) is 0.263. The molecule has 0 aliphatic carbocycles. The number of hydrogen-bond donors (Lipinski definition) is 1. The fourth-order valence-corrected chi connectivity index (χ4v) is 4.06. The van der Waals surface area contributed by atoms with Crippen molar-refractivity contribution in [1.82, 2.24) is 4.90 Å². The van der Waals surface area contributed by atoms with Crippen LogP contribution in [0.5, 0.6) is 5.75 Å². The van der Waals surface area contributed by atoms with Gasteiger partial charge < -0.3 is 15.0 Å². The summed E-state index contributed by atoms with van der Waals surface area (Å²) < 4.78 is 18.4. The third-order valence-electron chi connectivity index (χ3n) is 4.07. The molecule has 1 aliphatic heterocycles. The van der Waals surface area contributed by atoms with Crippen LogP contribution in [0.25, 0.3) is 0 Å². The highest BCUT2D eigenvalue weighted by molar-refractivity contribution is 8.01. The number of benzene rings is 2. The first kappa shape index (κ1) is 18.3. The monoisotopic (exact) mass is 374 g/mol. The van der Waals surface area contributed by atoms with Crippen molar-refractivity contribution < 1.29 is 18.7 Å². The van der Waals surface area contributed by atoms with Crippen LogP contribution in [-0.2, 0) is 9.59 Å². The van der Waals surface area contributed by atoms with Gasteiger partial charge in [0.05, 0.1) is 12.4 Å². The Hall–Kier alpha value is -2.54. The Morgan fingerprint density at radius 3 is 2.65 bits per heavy atom. The van der Waals surface area contributed by atoms with Gasteiger partial charge in [-0.1, -0.05) is 18.2 Å². The third kappa shape index (κ3) is 3.99. The Morgan fingerprint density at radius 2 is 2.00 bits per heavy atom. The van der Waals surface area contributed by atoms with E-state index in [0.29, 0.717) is 5.69 Å².